The summed E-state index contributed by atoms with van der Waals surface area (Å²) in [6, 6.07) is 0.205. The van der Waals surface area contributed by atoms with Crippen LogP contribution in [0.3, 0.4) is 0 Å². The Morgan fingerprint density at radius 3 is 2.53 bits per heavy atom. The quantitative estimate of drug-likeness (QED) is 0.819. The van der Waals surface area contributed by atoms with Crippen molar-refractivity contribution in [3.8, 4) is 0 Å². The highest BCUT2D eigenvalue weighted by Crippen LogP contribution is 2.45. The molecule has 0 aromatic heterocycles. The minimum absolute atomic E-state index is 0.0434. The van der Waals surface area contributed by atoms with Gasteiger partial charge in [-0.15, -0.1) is 0 Å². The molecule has 98 valence electrons. The van der Waals surface area contributed by atoms with Crippen LogP contribution in [0.15, 0.2) is 0 Å². The molecule has 1 atom stereocenters. The molecule has 0 radical (unpaired) electrons. The molecular formula is C14H26N2O. The number of rotatable bonds is 3. The highest BCUT2D eigenvalue weighted by molar-refractivity contribution is 5.83. The monoisotopic (exact) mass is 238 g/mol. The van der Waals surface area contributed by atoms with Crippen LogP contribution in [0.5, 0.6) is 0 Å². The Kier molecular flexibility index (Phi) is 3.76. The van der Waals surface area contributed by atoms with E-state index in [-0.39, 0.29) is 11.5 Å². The van der Waals surface area contributed by atoms with E-state index < -0.39 is 0 Å². The maximum absolute atomic E-state index is 12.7. The van der Waals surface area contributed by atoms with Gasteiger partial charge in [-0.2, -0.15) is 0 Å². The zero-order valence-corrected chi connectivity index (χ0v) is 11.2. The minimum Gasteiger partial charge on any atom is -0.341 e. The summed E-state index contributed by atoms with van der Waals surface area (Å²) in [6.45, 7) is 6.10. The second kappa shape index (κ2) is 4.97. The normalized spacial score (nSPS) is 28.0. The van der Waals surface area contributed by atoms with Crippen molar-refractivity contribution < 1.29 is 4.79 Å². The fraction of sp³-hybridized carbons (Fsp3) is 0.929. The van der Waals surface area contributed by atoms with Gasteiger partial charge in [0.15, 0.2) is 0 Å². The molecule has 0 spiro atoms. The fourth-order valence-corrected chi connectivity index (χ4v) is 3.65. The van der Waals surface area contributed by atoms with E-state index in [4.69, 9.17) is 5.73 Å². The van der Waals surface area contributed by atoms with Crippen molar-refractivity contribution in [2.24, 2.45) is 17.1 Å². The molecule has 1 aliphatic carbocycles. The summed E-state index contributed by atoms with van der Waals surface area (Å²) in [5, 5.41) is 0. The van der Waals surface area contributed by atoms with Gasteiger partial charge < -0.3 is 10.6 Å². The summed E-state index contributed by atoms with van der Waals surface area (Å²) in [7, 11) is 0. The Morgan fingerprint density at radius 2 is 2.06 bits per heavy atom. The van der Waals surface area contributed by atoms with Gasteiger partial charge in [0, 0.05) is 24.5 Å². The van der Waals surface area contributed by atoms with Gasteiger partial charge in [-0.25, -0.2) is 0 Å². The Hall–Kier alpha value is -0.570. The van der Waals surface area contributed by atoms with E-state index in [2.05, 4.69) is 13.8 Å². The van der Waals surface area contributed by atoms with E-state index >= 15 is 0 Å². The van der Waals surface area contributed by atoms with Crippen molar-refractivity contribution in [2.45, 2.75) is 58.4 Å². The van der Waals surface area contributed by atoms with E-state index in [0.717, 1.165) is 38.8 Å². The number of carbonyl (C=O) groups excluding carboxylic acids is 1. The van der Waals surface area contributed by atoms with Crippen molar-refractivity contribution >= 4 is 5.91 Å². The lowest BCUT2D eigenvalue weighted by molar-refractivity contribution is -0.141. The molecule has 1 saturated carbocycles. The SMILES string of the molecule is CC(C)CC1(C(=O)N2CC[C@H](N)C2)CCCC1. The predicted molar refractivity (Wildman–Crippen MR) is 69.5 cm³/mol. The van der Waals surface area contributed by atoms with Gasteiger partial charge in [0.1, 0.15) is 0 Å². The lowest BCUT2D eigenvalue weighted by Gasteiger charge is -2.33. The van der Waals surface area contributed by atoms with Gasteiger partial charge >= 0.3 is 0 Å². The van der Waals surface area contributed by atoms with Crippen LogP contribution >= 0.6 is 0 Å². The van der Waals surface area contributed by atoms with E-state index in [0.29, 0.717) is 11.8 Å². The number of nitrogens with zero attached hydrogens (tertiary/aromatic N) is 1. The summed E-state index contributed by atoms with van der Waals surface area (Å²) in [5.41, 5.74) is 5.87. The average Bonchev–Trinajstić information content (AvgIpc) is 2.86. The van der Waals surface area contributed by atoms with E-state index in [9.17, 15) is 4.79 Å². The Balaban J connectivity index is 2.07. The van der Waals surface area contributed by atoms with Crippen LogP contribution in [0.1, 0.15) is 52.4 Å². The molecule has 2 N–H and O–H groups in total. The van der Waals surface area contributed by atoms with Gasteiger partial charge in [-0.05, 0) is 31.6 Å². The van der Waals surface area contributed by atoms with Crippen LogP contribution in [-0.2, 0) is 4.79 Å². The first-order chi connectivity index (χ1) is 8.03. The zero-order chi connectivity index (χ0) is 12.5. The molecule has 2 fully saturated rings. The lowest BCUT2D eigenvalue weighted by atomic mass is 9.77. The second-order valence-electron chi connectivity index (χ2n) is 6.39. The molecule has 2 aliphatic rings. The Morgan fingerprint density at radius 1 is 1.41 bits per heavy atom. The standard InChI is InChI=1S/C14H26N2O/c1-11(2)9-14(6-3-4-7-14)13(17)16-8-5-12(15)10-16/h11-12H,3-10,15H2,1-2H3/t12-/m0/s1. The summed E-state index contributed by atoms with van der Waals surface area (Å²) in [4.78, 5) is 14.7. The smallest absolute Gasteiger partial charge is 0.228 e. The number of hydrogen-bond acceptors (Lipinski definition) is 2. The summed E-state index contributed by atoms with van der Waals surface area (Å²) < 4.78 is 0. The maximum atomic E-state index is 12.7. The minimum atomic E-state index is -0.0434. The summed E-state index contributed by atoms with van der Waals surface area (Å²) in [5.74, 6) is 1.00. The summed E-state index contributed by atoms with van der Waals surface area (Å²) >= 11 is 0. The van der Waals surface area contributed by atoms with Gasteiger partial charge in [0.25, 0.3) is 0 Å². The molecule has 17 heavy (non-hydrogen) atoms. The zero-order valence-electron chi connectivity index (χ0n) is 11.2. The van der Waals surface area contributed by atoms with Crippen molar-refractivity contribution in [3.63, 3.8) is 0 Å². The van der Waals surface area contributed by atoms with Gasteiger partial charge in [0.2, 0.25) is 5.91 Å². The molecule has 3 nitrogen and oxygen atoms in total. The Labute approximate surface area is 105 Å². The van der Waals surface area contributed by atoms with E-state index in [1.54, 1.807) is 0 Å². The third kappa shape index (κ3) is 2.65. The largest absolute Gasteiger partial charge is 0.341 e. The molecule has 0 unspecified atom stereocenters. The first kappa shape index (κ1) is 12.9. The molecule has 0 aromatic rings. The molecule has 2 rings (SSSR count). The highest BCUT2D eigenvalue weighted by Gasteiger charge is 2.44. The second-order valence-corrected chi connectivity index (χ2v) is 6.39. The average molecular weight is 238 g/mol. The third-order valence-corrected chi connectivity index (χ3v) is 4.33. The van der Waals surface area contributed by atoms with Crippen LogP contribution in [0.4, 0.5) is 0 Å². The maximum Gasteiger partial charge on any atom is 0.228 e. The molecule has 1 heterocycles. The molecular weight excluding hydrogens is 212 g/mol. The molecule has 3 heteroatoms. The van der Waals surface area contributed by atoms with Crippen LogP contribution in [0.2, 0.25) is 0 Å². The number of nitrogens with two attached hydrogens (primary N) is 1. The van der Waals surface area contributed by atoms with Crippen LogP contribution in [0.25, 0.3) is 0 Å². The van der Waals surface area contributed by atoms with Crippen molar-refractivity contribution in [3.05, 3.63) is 0 Å². The molecule has 1 aliphatic heterocycles. The number of likely N-dealkylation sites (tertiary alicyclic amines) is 1. The first-order valence-electron chi connectivity index (χ1n) is 7.08. The van der Waals surface area contributed by atoms with Gasteiger partial charge in [0.05, 0.1) is 0 Å². The first-order valence-corrected chi connectivity index (χ1v) is 7.08. The highest BCUT2D eigenvalue weighted by atomic mass is 16.2. The number of amides is 1. The van der Waals surface area contributed by atoms with Crippen LogP contribution < -0.4 is 5.73 Å². The summed E-state index contributed by atoms with van der Waals surface area (Å²) in [6.07, 6.45) is 6.66. The van der Waals surface area contributed by atoms with Crippen LogP contribution in [-0.4, -0.2) is 29.9 Å². The van der Waals surface area contributed by atoms with Crippen molar-refractivity contribution in [1.29, 1.82) is 0 Å². The molecule has 0 bridgehead atoms. The van der Waals surface area contributed by atoms with Crippen molar-refractivity contribution in [2.75, 3.05) is 13.1 Å². The van der Waals surface area contributed by atoms with Gasteiger partial charge in [-0.1, -0.05) is 26.7 Å². The lowest BCUT2D eigenvalue weighted by Crippen LogP contribution is -2.43. The van der Waals surface area contributed by atoms with Crippen molar-refractivity contribution in [1.82, 2.24) is 4.90 Å². The number of hydrogen-bond donors (Lipinski definition) is 1. The molecule has 1 saturated heterocycles. The topological polar surface area (TPSA) is 46.3 Å². The fourth-order valence-electron chi connectivity index (χ4n) is 3.65. The molecule has 0 aromatic carbocycles. The Bertz CT molecular complexity index is 282. The van der Waals surface area contributed by atoms with Crippen LogP contribution in [0, 0.1) is 11.3 Å². The number of carbonyl (C=O) groups is 1. The van der Waals surface area contributed by atoms with E-state index in [1.807, 2.05) is 4.90 Å². The molecule has 1 amide bonds. The predicted octanol–water partition coefficient (Wildman–Crippen LogP) is 2.15. The van der Waals surface area contributed by atoms with Gasteiger partial charge in [-0.3, -0.25) is 4.79 Å². The van der Waals surface area contributed by atoms with E-state index in [1.165, 1.54) is 12.8 Å². The third-order valence-electron chi connectivity index (χ3n) is 4.33.